The van der Waals surface area contributed by atoms with Gasteiger partial charge in [-0.3, -0.25) is 0 Å². The molecule has 5 rings (SSSR count). The third-order valence-corrected chi connectivity index (χ3v) is 5.77. The molecule has 0 saturated carbocycles. The second kappa shape index (κ2) is 5.63. The molecule has 0 atom stereocenters. The first-order chi connectivity index (χ1) is 12.9. The van der Waals surface area contributed by atoms with Crippen LogP contribution in [0.1, 0.15) is 54.7 Å². The van der Waals surface area contributed by atoms with Crippen molar-refractivity contribution in [1.82, 2.24) is 9.97 Å². The maximum absolute atomic E-state index is 4.86. The van der Waals surface area contributed by atoms with Crippen molar-refractivity contribution >= 4 is 21.5 Å². The van der Waals surface area contributed by atoms with Crippen LogP contribution in [-0.4, -0.2) is 9.97 Å². The van der Waals surface area contributed by atoms with E-state index in [-0.39, 0.29) is 5.41 Å². The van der Waals surface area contributed by atoms with Gasteiger partial charge in [0.1, 0.15) is 5.82 Å². The van der Waals surface area contributed by atoms with Crippen molar-refractivity contribution in [3.8, 4) is 0 Å². The van der Waals surface area contributed by atoms with Crippen LogP contribution in [0.15, 0.2) is 48.5 Å². The minimum atomic E-state index is 0.0158. The number of rotatable bonds is 0. The van der Waals surface area contributed by atoms with E-state index in [1.807, 2.05) is 6.92 Å². The highest BCUT2D eigenvalue weighted by Crippen LogP contribution is 2.40. The van der Waals surface area contributed by atoms with Gasteiger partial charge in [-0.2, -0.15) is 0 Å². The van der Waals surface area contributed by atoms with Crippen LogP contribution in [0.25, 0.3) is 21.5 Å². The Bertz CT molecular complexity index is 1210. The predicted octanol–water partition coefficient (Wildman–Crippen LogP) is 5.88. The third kappa shape index (κ3) is 2.47. The van der Waals surface area contributed by atoms with Crippen molar-refractivity contribution in [2.75, 3.05) is 0 Å². The van der Waals surface area contributed by atoms with Gasteiger partial charge < -0.3 is 0 Å². The first-order valence-corrected chi connectivity index (χ1v) is 9.71. The van der Waals surface area contributed by atoms with Crippen LogP contribution in [0.5, 0.6) is 0 Å². The van der Waals surface area contributed by atoms with Crippen molar-refractivity contribution in [2.24, 2.45) is 0 Å². The summed E-state index contributed by atoms with van der Waals surface area (Å²) in [4.78, 5) is 9.72. The topological polar surface area (TPSA) is 25.8 Å². The molecule has 1 aromatic heterocycles. The van der Waals surface area contributed by atoms with E-state index in [1.165, 1.54) is 49.6 Å². The number of nitrogens with zero attached hydrogens (tertiary/aromatic N) is 2. The van der Waals surface area contributed by atoms with Crippen LogP contribution in [0.4, 0.5) is 0 Å². The summed E-state index contributed by atoms with van der Waals surface area (Å²) in [6.07, 6.45) is 1.81. The van der Waals surface area contributed by atoms with E-state index >= 15 is 0 Å². The number of benzene rings is 3. The van der Waals surface area contributed by atoms with E-state index < -0.39 is 0 Å². The normalized spacial score (nSPS) is 13.6. The van der Waals surface area contributed by atoms with Gasteiger partial charge in [0.25, 0.3) is 0 Å². The maximum Gasteiger partial charge on any atom is 0.125 e. The molecule has 2 nitrogen and oxygen atoms in total. The van der Waals surface area contributed by atoms with E-state index in [1.54, 1.807) is 0 Å². The smallest absolute Gasteiger partial charge is 0.125 e. The lowest BCUT2D eigenvalue weighted by Crippen LogP contribution is -2.23. The zero-order chi connectivity index (χ0) is 18.8. The lowest BCUT2D eigenvalue weighted by atomic mass is 9.78. The summed E-state index contributed by atoms with van der Waals surface area (Å²) < 4.78 is 0. The zero-order valence-corrected chi connectivity index (χ0v) is 16.4. The Balaban J connectivity index is 1.86. The third-order valence-electron chi connectivity index (χ3n) is 5.77. The van der Waals surface area contributed by atoms with Gasteiger partial charge >= 0.3 is 0 Å². The minimum absolute atomic E-state index is 0.0158. The zero-order valence-electron chi connectivity index (χ0n) is 16.4. The van der Waals surface area contributed by atoms with Crippen molar-refractivity contribution in [3.63, 3.8) is 0 Å². The summed E-state index contributed by atoms with van der Waals surface area (Å²) in [7, 11) is 0. The quantitative estimate of drug-likeness (QED) is 0.325. The summed E-state index contributed by atoms with van der Waals surface area (Å²) in [5.74, 6) is 0.882. The lowest BCUT2D eigenvalue weighted by molar-refractivity contribution is 0.553. The molecule has 0 N–H and O–H groups in total. The Hall–Kier alpha value is -2.74. The van der Waals surface area contributed by atoms with Crippen LogP contribution in [0.2, 0.25) is 0 Å². The van der Waals surface area contributed by atoms with E-state index in [0.717, 1.165) is 18.7 Å². The molecule has 1 heterocycles. The molecule has 1 aliphatic rings. The second-order valence-corrected chi connectivity index (χ2v) is 8.70. The molecule has 0 bridgehead atoms. The van der Waals surface area contributed by atoms with Crippen molar-refractivity contribution in [3.05, 3.63) is 82.4 Å². The lowest BCUT2D eigenvalue weighted by Gasteiger charge is -2.29. The Kier molecular flexibility index (Phi) is 3.42. The van der Waals surface area contributed by atoms with E-state index in [9.17, 15) is 0 Å². The molecule has 0 radical (unpaired) electrons. The van der Waals surface area contributed by atoms with Gasteiger partial charge in [0, 0.05) is 23.8 Å². The molecule has 0 amide bonds. The minimum Gasteiger partial charge on any atom is -0.238 e. The van der Waals surface area contributed by atoms with Crippen LogP contribution in [-0.2, 0) is 18.3 Å². The van der Waals surface area contributed by atoms with Gasteiger partial charge in [-0.05, 0) is 39.6 Å². The van der Waals surface area contributed by atoms with E-state index in [0.29, 0.717) is 0 Å². The van der Waals surface area contributed by atoms with Gasteiger partial charge in [0.15, 0.2) is 0 Å². The average Bonchev–Trinajstić information content (AvgIpc) is 2.65. The molecule has 0 fully saturated rings. The first kappa shape index (κ1) is 16.4. The summed E-state index contributed by atoms with van der Waals surface area (Å²) in [6.45, 7) is 8.78. The maximum atomic E-state index is 4.86. The van der Waals surface area contributed by atoms with Gasteiger partial charge in [-0.15, -0.1) is 0 Å². The van der Waals surface area contributed by atoms with Crippen LogP contribution < -0.4 is 0 Å². The highest BCUT2D eigenvalue weighted by Gasteiger charge is 2.29. The van der Waals surface area contributed by atoms with Gasteiger partial charge in [-0.25, -0.2) is 9.97 Å². The van der Waals surface area contributed by atoms with Gasteiger partial charge in [-0.1, -0.05) is 69.3 Å². The number of fused-ring (bicyclic) bond motifs is 7. The fourth-order valence-corrected chi connectivity index (χ4v) is 4.64. The van der Waals surface area contributed by atoms with Gasteiger partial charge in [0.2, 0.25) is 0 Å². The number of hydrogen-bond acceptors (Lipinski definition) is 2. The number of aryl methyl sites for hydroxylation is 1. The molecule has 1 aliphatic carbocycles. The highest BCUT2D eigenvalue weighted by molar-refractivity contribution is 6.11. The Morgan fingerprint density at radius 1 is 0.667 bits per heavy atom. The molecular formula is C25H24N2. The standard InChI is InChI=1S/C25H24N2/c1-15-26-23-14-21-19-12-8-6-10-17(19)16-9-5-7-11-18(16)20(21)13-22(23)24(27-15)25(2,3)4/h5-12H,13-14H2,1-4H3. The predicted molar refractivity (Wildman–Crippen MR) is 113 cm³/mol. The molecule has 134 valence electrons. The summed E-state index contributed by atoms with van der Waals surface area (Å²) in [6, 6.07) is 17.6. The first-order valence-electron chi connectivity index (χ1n) is 9.71. The fourth-order valence-electron chi connectivity index (χ4n) is 4.64. The fraction of sp³-hybridized carbons (Fsp3) is 0.280. The monoisotopic (exact) mass is 352 g/mol. The molecule has 0 aliphatic heterocycles. The molecule has 0 spiro atoms. The van der Waals surface area contributed by atoms with E-state index in [4.69, 9.17) is 9.97 Å². The van der Waals surface area contributed by atoms with Crippen molar-refractivity contribution in [1.29, 1.82) is 0 Å². The van der Waals surface area contributed by atoms with Crippen LogP contribution in [0, 0.1) is 6.92 Å². The van der Waals surface area contributed by atoms with Crippen LogP contribution >= 0.6 is 0 Å². The Labute approximate surface area is 160 Å². The summed E-state index contributed by atoms with van der Waals surface area (Å²) in [5, 5.41) is 5.43. The molecular weight excluding hydrogens is 328 g/mol. The highest BCUT2D eigenvalue weighted by atomic mass is 14.9. The molecule has 0 unspecified atom stereocenters. The summed E-state index contributed by atoms with van der Waals surface area (Å²) >= 11 is 0. The molecule has 0 saturated heterocycles. The summed E-state index contributed by atoms with van der Waals surface area (Å²) in [5.41, 5.74) is 6.65. The van der Waals surface area contributed by atoms with E-state index in [2.05, 4.69) is 69.3 Å². The molecule has 3 aromatic carbocycles. The number of aromatic nitrogens is 2. The SMILES string of the molecule is Cc1nc2c(c(C(C)(C)C)n1)Cc1c(c3ccccc3c3ccccc13)C2. The molecule has 2 heteroatoms. The average molecular weight is 352 g/mol. The largest absolute Gasteiger partial charge is 0.238 e. The number of hydrogen-bond donors (Lipinski definition) is 0. The molecule has 27 heavy (non-hydrogen) atoms. The second-order valence-electron chi connectivity index (χ2n) is 8.70. The Morgan fingerprint density at radius 2 is 1.19 bits per heavy atom. The molecule has 4 aromatic rings. The Morgan fingerprint density at radius 3 is 1.74 bits per heavy atom. The van der Waals surface area contributed by atoms with Crippen LogP contribution in [0.3, 0.4) is 0 Å². The van der Waals surface area contributed by atoms with Gasteiger partial charge in [0.05, 0.1) is 11.4 Å². The van der Waals surface area contributed by atoms with Crippen molar-refractivity contribution in [2.45, 2.75) is 46.0 Å². The van der Waals surface area contributed by atoms with Crippen molar-refractivity contribution < 1.29 is 0 Å².